The monoisotopic (exact) mass is 368 g/mol. The molecule has 132 valence electrons. The lowest BCUT2D eigenvalue weighted by Crippen LogP contribution is -2.36. The second-order valence-electron chi connectivity index (χ2n) is 5.52. The van der Waals surface area contributed by atoms with Gasteiger partial charge in [-0.25, -0.2) is 4.90 Å². The van der Waals surface area contributed by atoms with Gasteiger partial charge in [-0.15, -0.1) is 0 Å². The summed E-state index contributed by atoms with van der Waals surface area (Å²) in [6, 6.07) is 13.2. The molecule has 0 heterocycles. The molecule has 2 aromatic rings. The summed E-state index contributed by atoms with van der Waals surface area (Å²) in [6.07, 6.45) is 1.27. The average Bonchev–Trinajstić information content (AvgIpc) is 2.58. The standard InChI is InChI=1S/C19H17ClN4O2/c1-12-9-15(20)3-8-18(12)23-11-14(10-21)19(26)24(13(2)25)17-6-4-16(22)5-7-17/h3-9,11,23H,22H2,1-2H3/b14-11-. The minimum atomic E-state index is -0.733. The molecule has 0 aliphatic carbocycles. The van der Waals surface area contributed by atoms with Crippen molar-refractivity contribution in [3.8, 4) is 6.07 Å². The summed E-state index contributed by atoms with van der Waals surface area (Å²) in [4.78, 5) is 25.6. The molecule has 0 spiro atoms. The van der Waals surface area contributed by atoms with E-state index in [1.165, 1.54) is 13.1 Å². The third-order valence-corrected chi connectivity index (χ3v) is 3.82. The number of halogens is 1. The number of nitrogen functional groups attached to an aromatic ring is 1. The van der Waals surface area contributed by atoms with Crippen molar-refractivity contribution in [1.82, 2.24) is 0 Å². The SMILES string of the molecule is CC(=O)N(C(=O)/C(C#N)=C\Nc1ccc(Cl)cc1C)c1ccc(N)cc1. The van der Waals surface area contributed by atoms with Gasteiger partial charge in [-0.1, -0.05) is 11.6 Å². The molecule has 0 saturated heterocycles. The number of benzene rings is 2. The zero-order valence-corrected chi connectivity index (χ0v) is 15.0. The Morgan fingerprint density at radius 1 is 1.23 bits per heavy atom. The number of hydrogen-bond acceptors (Lipinski definition) is 5. The van der Waals surface area contributed by atoms with Crippen LogP contribution in [0, 0.1) is 18.3 Å². The molecule has 2 aromatic carbocycles. The van der Waals surface area contributed by atoms with Crippen LogP contribution in [0.5, 0.6) is 0 Å². The van der Waals surface area contributed by atoms with E-state index in [0.717, 1.165) is 10.5 Å². The Kier molecular flexibility index (Phi) is 5.99. The number of nitrogens with one attached hydrogen (secondary N) is 1. The van der Waals surface area contributed by atoms with Crippen LogP contribution in [-0.4, -0.2) is 11.8 Å². The number of hydrogen-bond donors (Lipinski definition) is 2. The molecule has 2 rings (SSSR count). The predicted octanol–water partition coefficient (Wildman–Crippen LogP) is 3.63. The summed E-state index contributed by atoms with van der Waals surface area (Å²) in [5.74, 6) is -1.24. The largest absolute Gasteiger partial charge is 0.399 e. The summed E-state index contributed by atoms with van der Waals surface area (Å²) in [5, 5.41) is 12.8. The Bertz CT molecular complexity index is 914. The van der Waals surface area contributed by atoms with Gasteiger partial charge >= 0.3 is 0 Å². The fourth-order valence-electron chi connectivity index (χ4n) is 2.27. The molecule has 7 heteroatoms. The van der Waals surface area contributed by atoms with Crippen molar-refractivity contribution in [3.05, 3.63) is 64.8 Å². The van der Waals surface area contributed by atoms with Crippen LogP contribution in [0.25, 0.3) is 0 Å². The molecule has 0 aliphatic rings. The van der Waals surface area contributed by atoms with Gasteiger partial charge in [0.15, 0.2) is 0 Å². The summed E-state index contributed by atoms with van der Waals surface area (Å²) in [6.45, 7) is 3.09. The summed E-state index contributed by atoms with van der Waals surface area (Å²) in [5.41, 5.74) is 7.79. The summed E-state index contributed by atoms with van der Waals surface area (Å²) in [7, 11) is 0. The highest BCUT2D eigenvalue weighted by Crippen LogP contribution is 2.21. The molecule has 0 aliphatic heterocycles. The van der Waals surface area contributed by atoms with Crippen LogP contribution in [0.4, 0.5) is 17.1 Å². The molecule has 0 atom stereocenters. The lowest BCUT2D eigenvalue weighted by molar-refractivity contribution is -0.123. The van der Waals surface area contributed by atoms with E-state index in [1.807, 2.05) is 13.0 Å². The number of carbonyl (C=O) groups excluding carboxylic acids is 2. The lowest BCUT2D eigenvalue weighted by Gasteiger charge is -2.19. The third-order valence-electron chi connectivity index (χ3n) is 3.58. The molecule has 0 bridgehead atoms. The van der Waals surface area contributed by atoms with Crippen molar-refractivity contribution in [1.29, 1.82) is 5.26 Å². The van der Waals surface area contributed by atoms with Gasteiger partial charge in [0.25, 0.3) is 5.91 Å². The van der Waals surface area contributed by atoms with Gasteiger partial charge in [-0.2, -0.15) is 5.26 Å². The fraction of sp³-hybridized carbons (Fsp3) is 0.105. The number of nitrogens with two attached hydrogens (primary N) is 1. The second-order valence-corrected chi connectivity index (χ2v) is 5.96. The fourth-order valence-corrected chi connectivity index (χ4v) is 2.49. The topological polar surface area (TPSA) is 99.2 Å². The maximum Gasteiger partial charge on any atom is 0.277 e. The minimum absolute atomic E-state index is 0.216. The van der Waals surface area contributed by atoms with E-state index in [2.05, 4.69) is 5.32 Å². The molecule has 3 N–H and O–H groups in total. The van der Waals surface area contributed by atoms with Crippen LogP contribution in [0.1, 0.15) is 12.5 Å². The van der Waals surface area contributed by atoms with Gasteiger partial charge in [0.1, 0.15) is 11.6 Å². The number of rotatable bonds is 4. The van der Waals surface area contributed by atoms with E-state index >= 15 is 0 Å². The number of nitriles is 1. The van der Waals surface area contributed by atoms with Gasteiger partial charge < -0.3 is 11.1 Å². The van der Waals surface area contributed by atoms with Gasteiger partial charge in [-0.3, -0.25) is 9.59 Å². The van der Waals surface area contributed by atoms with Crippen molar-refractivity contribution in [3.63, 3.8) is 0 Å². The maximum atomic E-state index is 12.7. The number of amides is 2. The number of carbonyl (C=O) groups is 2. The number of imide groups is 1. The first kappa shape index (κ1) is 19.0. The summed E-state index contributed by atoms with van der Waals surface area (Å²) < 4.78 is 0. The van der Waals surface area contributed by atoms with Gasteiger partial charge in [0, 0.05) is 29.5 Å². The molecule has 26 heavy (non-hydrogen) atoms. The minimum Gasteiger partial charge on any atom is -0.399 e. The second kappa shape index (κ2) is 8.19. The number of anilines is 3. The Labute approximate surface area is 156 Å². The van der Waals surface area contributed by atoms with Gasteiger partial charge in [0.05, 0.1) is 5.69 Å². The first-order valence-electron chi connectivity index (χ1n) is 7.67. The zero-order valence-electron chi connectivity index (χ0n) is 14.3. The zero-order chi connectivity index (χ0) is 19.3. The highest BCUT2D eigenvalue weighted by molar-refractivity contribution is 6.30. The Morgan fingerprint density at radius 2 is 1.88 bits per heavy atom. The van der Waals surface area contributed by atoms with Crippen molar-refractivity contribution in [2.24, 2.45) is 0 Å². The van der Waals surface area contributed by atoms with E-state index in [0.29, 0.717) is 22.1 Å². The quantitative estimate of drug-likeness (QED) is 0.487. The van der Waals surface area contributed by atoms with Gasteiger partial charge in [0.2, 0.25) is 5.91 Å². The molecule has 0 saturated carbocycles. The van der Waals surface area contributed by atoms with Crippen LogP contribution in [0.2, 0.25) is 5.02 Å². The van der Waals surface area contributed by atoms with Crippen LogP contribution >= 0.6 is 11.6 Å². The normalized spacial score (nSPS) is 10.8. The predicted molar refractivity (Wildman–Crippen MR) is 103 cm³/mol. The molecule has 6 nitrogen and oxygen atoms in total. The van der Waals surface area contributed by atoms with Crippen LogP contribution in [-0.2, 0) is 9.59 Å². The Balaban J connectivity index is 2.31. The van der Waals surface area contributed by atoms with Crippen LogP contribution in [0.15, 0.2) is 54.2 Å². The van der Waals surface area contributed by atoms with E-state index in [9.17, 15) is 14.9 Å². The van der Waals surface area contributed by atoms with E-state index in [1.54, 1.807) is 42.5 Å². The van der Waals surface area contributed by atoms with E-state index in [-0.39, 0.29) is 5.57 Å². The summed E-state index contributed by atoms with van der Waals surface area (Å²) >= 11 is 5.91. The van der Waals surface area contributed by atoms with E-state index < -0.39 is 11.8 Å². The van der Waals surface area contributed by atoms with E-state index in [4.69, 9.17) is 17.3 Å². The first-order chi connectivity index (χ1) is 12.3. The molecule has 0 unspecified atom stereocenters. The average molecular weight is 369 g/mol. The lowest BCUT2D eigenvalue weighted by atomic mass is 10.2. The Morgan fingerprint density at radius 3 is 2.42 bits per heavy atom. The van der Waals surface area contributed by atoms with Crippen molar-refractivity contribution in [2.75, 3.05) is 16.0 Å². The van der Waals surface area contributed by atoms with Gasteiger partial charge in [-0.05, 0) is 55.0 Å². The third kappa shape index (κ3) is 4.41. The molecule has 0 radical (unpaired) electrons. The number of aryl methyl sites for hydroxylation is 1. The highest BCUT2D eigenvalue weighted by atomic mass is 35.5. The van der Waals surface area contributed by atoms with Crippen molar-refractivity contribution >= 4 is 40.5 Å². The molecular weight excluding hydrogens is 352 g/mol. The van der Waals surface area contributed by atoms with Crippen LogP contribution in [0.3, 0.4) is 0 Å². The smallest absolute Gasteiger partial charge is 0.277 e. The highest BCUT2D eigenvalue weighted by Gasteiger charge is 2.24. The Hall–Kier alpha value is -3.30. The maximum absolute atomic E-state index is 12.7. The number of nitrogens with zero attached hydrogens (tertiary/aromatic N) is 2. The molecule has 0 aromatic heterocycles. The molecule has 2 amide bonds. The first-order valence-corrected chi connectivity index (χ1v) is 8.05. The van der Waals surface area contributed by atoms with Crippen molar-refractivity contribution in [2.45, 2.75) is 13.8 Å². The molecule has 0 fully saturated rings. The van der Waals surface area contributed by atoms with Crippen molar-refractivity contribution < 1.29 is 9.59 Å². The van der Waals surface area contributed by atoms with Crippen LogP contribution < -0.4 is 16.0 Å². The molecular formula is C19H17ClN4O2.